The zero-order valence-electron chi connectivity index (χ0n) is 15.4. The van der Waals surface area contributed by atoms with Crippen LogP contribution in [-0.4, -0.2) is 36.8 Å². The molecule has 0 N–H and O–H groups in total. The lowest BCUT2D eigenvalue weighted by atomic mass is 10.0. The van der Waals surface area contributed by atoms with Crippen LogP contribution in [0, 0.1) is 13.8 Å². The van der Waals surface area contributed by atoms with Gasteiger partial charge in [-0.2, -0.15) is 0 Å². The second-order valence-corrected chi connectivity index (χ2v) is 6.70. The second kappa shape index (κ2) is 6.92. The van der Waals surface area contributed by atoms with Crippen molar-refractivity contribution >= 4 is 16.6 Å². The van der Waals surface area contributed by atoms with Crippen molar-refractivity contribution in [2.24, 2.45) is 0 Å². The van der Waals surface area contributed by atoms with Crippen molar-refractivity contribution in [3.63, 3.8) is 0 Å². The van der Waals surface area contributed by atoms with Gasteiger partial charge in [-0.05, 0) is 48.4 Å². The number of methoxy groups -OCH3 is 1. The number of rotatable bonds is 3. The molecule has 1 fully saturated rings. The van der Waals surface area contributed by atoms with E-state index < -0.39 is 0 Å². The van der Waals surface area contributed by atoms with Crippen LogP contribution >= 0.6 is 0 Å². The van der Waals surface area contributed by atoms with Gasteiger partial charge in [0.25, 0.3) is 0 Å². The first-order chi connectivity index (χ1) is 12.6. The van der Waals surface area contributed by atoms with E-state index >= 15 is 0 Å². The molecule has 134 valence electrons. The Labute approximate surface area is 153 Å². The molecule has 4 rings (SSSR count). The van der Waals surface area contributed by atoms with E-state index in [9.17, 15) is 0 Å². The maximum Gasteiger partial charge on any atom is 0.135 e. The van der Waals surface area contributed by atoms with Crippen LogP contribution in [0.5, 0.6) is 5.75 Å². The summed E-state index contributed by atoms with van der Waals surface area (Å²) < 4.78 is 11.4. The molecule has 1 atom stereocenters. The van der Waals surface area contributed by atoms with Gasteiger partial charge in [-0.15, -0.1) is 0 Å². The molecule has 3 aromatic rings. The van der Waals surface area contributed by atoms with Crippen LogP contribution in [0.25, 0.3) is 10.8 Å². The molecule has 1 saturated heterocycles. The maximum atomic E-state index is 6.07. The number of benzene rings is 2. The van der Waals surface area contributed by atoms with Crippen LogP contribution < -0.4 is 9.64 Å². The Morgan fingerprint density at radius 1 is 1.12 bits per heavy atom. The number of aromatic nitrogens is 2. The third kappa shape index (κ3) is 3.22. The Hall–Kier alpha value is -2.66. The Morgan fingerprint density at radius 2 is 1.92 bits per heavy atom. The fourth-order valence-corrected chi connectivity index (χ4v) is 3.45. The van der Waals surface area contributed by atoms with Crippen molar-refractivity contribution in [3.05, 3.63) is 59.5 Å². The van der Waals surface area contributed by atoms with Crippen LogP contribution in [0.15, 0.2) is 42.6 Å². The highest BCUT2D eigenvalue weighted by Crippen LogP contribution is 2.30. The molecule has 5 nitrogen and oxygen atoms in total. The number of hydrogen-bond acceptors (Lipinski definition) is 5. The zero-order valence-corrected chi connectivity index (χ0v) is 15.4. The average molecular weight is 349 g/mol. The van der Waals surface area contributed by atoms with Gasteiger partial charge in [-0.25, -0.2) is 9.97 Å². The summed E-state index contributed by atoms with van der Waals surface area (Å²) in [6.45, 7) is 6.31. The summed E-state index contributed by atoms with van der Waals surface area (Å²) in [5.41, 5.74) is 2.29. The molecule has 0 spiro atoms. The first-order valence-electron chi connectivity index (χ1n) is 8.88. The predicted octanol–water partition coefficient (Wildman–Crippen LogP) is 3.83. The quantitative estimate of drug-likeness (QED) is 0.719. The van der Waals surface area contributed by atoms with Gasteiger partial charge >= 0.3 is 0 Å². The summed E-state index contributed by atoms with van der Waals surface area (Å²) in [5.74, 6) is 2.68. The van der Waals surface area contributed by atoms with Crippen LogP contribution in [0.3, 0.4) is 0 Å². The monoisotopic (exact) mass is 349 g/mol. The molecule has 0 amide bonds. The van der Waals surface area contributed by atoms with Gasteiger partial charge in [0.15, 0.2) is 0 Å². The number of ether oxygens (including phenoxy) is 2. The van der Waals surface area contributed by atoms with Crippen LogP contribution in [0.2, 0.25) is 0 Å². The van der Waals surface area contributed by atoms with Gasteiger partial charge in [0.2, 0.25) is 0 Å². The van der Waals surface area contributed by atoms with Crippen LogP contribution in [-0.2, 0) is 4.74 Å². The van der Waals surface area contributed by atoms with Crippen molar-refractivity contribution in [1.82, 2.24) is 9.97 Å². The first kappa shape index (κ1) is 16.8. The number of aryl methyl sites for hydroxylation is 2. The van der Waals surface area contributed by atoms with E-state index in [0.29, 0.717) is 6.61 Å². The number of fused-ring (bicyclic) bond motifs is 1. The molecule has 0 radical (unpaired) electrons. The molecule has 0 saturated carbocycles. The number of hydrogen-bond donors (Lipinski definition) is 0. The van der Waals surface area contributed by atoms with Crippen molar-refractivity contribution in [2.75, 3.05) is 31.7 Å². The Morgan fingerprint density at radius 3 is 2.77 bits per heavy atom. The molecule has 5 heteroatoms. The normalized spacial score (nSPS) is 17.5. The number of nitrogens with zero attached hydrogens (tertiary/aromatic N) is 3. The molecule has 1 aromatic heterocycles. The van der Waals surface area contributed by atoms with E-state index in [-0.39, 0.29) is 6.10 Å². The molecular formula is C21H23N3O2. The fourth-order valence-electron chi connectivity index (χ4n) is 3.45. The summed E-state index contributed by atoms with van der Waals surface area (Å²) in [6, 6.07) is 12.6. The molecule has 1 aliphatic rings. The lowest BCUT2D eigenvalue weighted by Crippen LogP contribution is -2.39. The standard InChI is InChI=1S/C21H23N3O2/c1-14-12-22-15(2)23-21(14)24-8-9-26-20(13-24)18-5-4-17-11-19(25-3)7-6-16(17)10-18/h4-7,10-12,20H,8-9,13H2,1-3H3/t20-/m0/s1. The third-order valence-electron chi connectivity index (χ3n) is 4.87. The SMILES string of the molecule is COc1ccc2cc([C@@H]3CN(c4nc(C)ncc4C)CCO3)ccc2c1. The Kier molecular flexibility index (Phi) is 4.47. The van der Waals surface area contributed by atoms with Crippen molar-refractivity contribution in [1.29, 1.82) is 0 Å². The summed E-state index contributed by atoms with van der Waals surface area (Å²) in [6.07, 6.45) is 1.93. The topological polar surface area (TPSA) is 47.5 Å². The highest BCUT2D eigenvalue weighted by Gasteiger charge is 2.24. The van der Waals surface area contributed by atoms with E-state index in [2.05, 4.69) is 52.1 Å². The predicted molar refractivity (Wildman–Crippen MR) is 103 cm³/mol. The van der Waals surface area contributed by atoms with Crippen molar-refractivity contribution in [3.8, 4) is 5.75 Å². The van der Waals surface area contributed by atoms with E-state index in [0.717, 1.165) is 36.0 Å². The summed E-state index contributed by atoms with van der Waals surface area (Å²) in [5, 5.41) is 2.36. The largest absolute Gasteiger partial charge is 0.497 e. The van der Waals surface area contributed by atoms with E-state index in [1.54, 1.807) is 7.11 Å². The van der Waals surface area contributed by atoms with Gasteiger partial charge < -0.3 is 14.4 Å². The van der Waals surface area contributed by atoms with Crippen molar-refractivity contribution < 1.29 is 9.47 Å². The van der Waals surface area contributed by atoms with Gasteiger partial charge in [0, 0.05) is 24.8 Å². The number of anilines is 1. The van der Waals surface area contributed by atoms with Crippen molar-refractivity contribution in [2.45, 2.75) is 20.0 Å². The molecule has 0 aliphatic carbocycles. The van der Waals surface area contributed by atoms with E-state index in [4.69, 9.17) is 9.47 Å². The first-order valence-corrected chi connectivity index (χ1v) is 8.88. The number of morpholine rings is 1. The summed E-state index contributed by atoms with van der Waals surface area (Å²) in [4.78, 5) is 11.2. The molecule has 0 bridgehead atoms. The highest BCUT2D eigenvalue weighted by molar-refractivity contribution is 5.84. The van der Waals surface area contributed by atoms with Gasteiger partial charge in [0.05, 0.1) is 13.7 Å². The maximum absolute atomic E-state index is 6.07. The lowest BCUT2D eigenvalue weighted by Gasteiger charge is -2.34. The third-order valence-corrected chi connectivity index (χ3v) is 4.87. The summed E-state index contributed by atoms with van der Waals surface area (Å²) >= 11 is 0. The highest BCUT2D eigenvalue weighted by atomic mass is 16.5. The zero-order chi connectivity index (χ0) is 18.1. The lowest BCUT2D eigenvalue weighted by molar-refractivity contribution is 0.0395. The molecule has 1 aliphatic heterocycles. The minimum Gasteiger partial charge on any atom is -0.497 e. The summed E-state index contributed by atoms with van der Waals surface area (Å²) in [7, 11) is 1.69. The Balaban J connectivity index is 1.61. The van der Waals surface area contributed by atoms with Gasteiger partial charge in [-0.1, -0.05) is 18.2 Å². The fraction of sp³-hybridized carbons (Fsp3) is 0.333. The molecule has 2 heterocycles. The molecule has 0 unspecified atom stereocenters. The van der Waals surface area contributed by atoms with E-state index in [1.165, 1.54) is 16.3 Å². The molecular weight excluding hydrogens is 326 g/mol. The van der Waals surface area contributed by atoms with Crippen LogP contribution in [0.4, 0.5) is 5.82 Å². The van der Waals surface area contributed by atoms with E-state index in [1.807, 2.05) is 19.2 Å². The minimum absolute atomic E-state index is 0.0323. The minimum atomic E-state index is 0.0323. The average Bonchev–Trinajstić information content (AvgIpc) is 2.69. The molecule has 2 aromatic carbocycles. The van der Waals surface area contributed by atoms with Gasteiger partial charge in [0.1, 0.15) is 23.5 Å². The van der Waals surface area contributed by atoms with Crippen LogP contribution in [0.1, 0.15) is 23.1 Å². The molecule has 26 heavy (non-hydrogen) atoms. The smallest absolute Gasteiger partial charge is 0.135 e. The second-order valence-electron chi connectivity index (χ2n) is 6.70. The Bertz CT molecular complexity index is 942. The van der Waals surface area contributed by atoms with Gasteiger partial charge in [-0.3, -0.25) is 0 Å².